The Bertz CT molecular complexity index is 10.0. The Hall–Kier alpha value is 0.137. The van der Waals surface area contributed by atoms with Crippen molar-refractivity contribution in [1.82, 2.24) is 5.48 Å². The van der Waals surface area contributed by atoms with Gasteiger partial charge in [-0.25, -0.2) is 5.48 Å². The van der Waals surface area contributed by atoms with Crippen molar-refractivity contribution < 1.29 is 4.53 Å². The van der Waals surface area contributed by atoms with Gasteiger partial charge in [0.1, 0.15) is 0 Å². The summed E-state index contributed by atoms with van der Waals surface area (Å²) in [6, 6.07) is 0. The van der Waals surface area contributed by atoms with Gasteiger partial charge < -0.3 is 4.53 Å². The lowest BCUT2D eigenvalue weighted by Crippen LogP contribution is -2.01. The van der Waals surface area contributed by atoms with Crippen LogP contribution < -0.4 is 5.48 Å². The van der Waals surface area contributed by atoms with Crippen LogP contribution in [0.25, 0.3) is 0 Å². The van der Waals surface area contributed by atoms with Crippen LogP contribution >= 0.6 is 0 Å². The van der Waals surface area contributed by atoms with Crippen LogP contribution in [0.2, 0.25) is 0 Å². The van der Waals surface area contributed by atoms with Gasteiger partial charge in [0.05, 0.1) is 0 Å². The largest absolute Gasteiger partial charge is 0.358 e. The second-order valence-electron chi connectivity index (χ2n) is 0.408. The number of hydrogen-bond donors (Lipinski definition) is 1. The molecule has 26 valence electrons. The normalized spacial score (nSPS) is 8.25. The highest BCUT2D eigenvalue weighted by atomic mass is 28.2. The minimum Gasteiger partial charge on any atom is -0.358 e. The quantitative estimate of drug-likeness (QED) is 0.301. The van der Waals surface area contributed by atoms with Crippen LogP contribution in [0, 0.1) is 0 Å². The molecule has 0 aliphatic carbocycles. The van der Waals surface area contributed by atoms with Crippen molar-refractivity contribution in [3.8, 4) is 0 Å². The highest BCUT2D eigenvalue weighted by Crippen LogP contribution is 1.29. The summed E-state index contributed by atoms with van der Waals surface area (Å²) >= 11 is 0. The predicted molar refractivity (Wildman–Crippen MR) is 20.1 cm³/mol. The maximum absolute atomic E-state index is 4.43. The second kappa shape index (κ2) is 3.14. The zero-order chi connectivity index (χ0) is 3.41. The van der Waals surface area contributed by atoms with E-state index in [0.29, 0.717) is 0 Å². The molecule has 0 saturated carbocycles. The van der Waals surface area contributed by atoms with Crippen LogP contribution in [0.3, 0.4) is 0 Å². The van der Waals surface area contributed by atoms with E-state index in [4.69, 9.17) is 0 Å². The first-order valence-corrected chi connectivity index (χ1v) is 1.93. The number of nitrogens with one attached hydrogen (secondary N) is 1. The molecule has 0 heterocycles. The first kappa shape index (κ1) is 4.14. The third-order valence-corrected chi connectivity index (χ3v) is 0.612. The molecule has 0 fully saturated rings. The SMILES string of the molecule is CNO[SiH3]. The van der Waals surface area contributed by atoms with Gasteiger partial charge in [-0.05, 0) is 0 Å². The molecular formula is CH7NOSi. The molecule has 3 heteroatoms. The Morgan fingerprint density at radius 3 is 2.25 bits per heavy atom. The maximum Gasteiger partial charge on any atom is 0.174 e. The fourth-order valence-electron chi connectivity index (χ4n) is 0. The summed E-state index contributed by atoms with van der Waals surface area (Å²) < 4.78 is 4.43. The van der Waals surface area contributed by atoms with E-state index in [1.807, 2.05) is 0 Å². The average Bonchev–Trinajstić information content (AvgIpc) is 1.37. The predicted octanol–water partition coefficient (Wildman–Crippen LogP) is -1.58. The summed E-state index contributed by atoms with van der Waals surface area (Å²) in [7, 11) is 2.52. The van der Waals surface area contributed by atoms with Gasteiger partial charge in [0.25, 0.3) is 0 Å². The van der Waals surface area contributed by atoms with Crippen molar-refractivity contribution in [2.24, 2.45) is 0 Å². The molecule has 0 spiro atoms. The zero-order valence-electron chi connectivity index (χ0n) is 2.91. The molecule has 1 N–H and O–H groups in total. The summed E-state index contributed by atoms with van der Waals surface area (Å²) in [6.07, 6.45) is 0. The van der Waals surface area contributed by atoms with E-state index in [0.717, 1.165) is 10.5 Å². The first-order chi connectivity index (χ1) is 1.91. The van der Waals surface area contributed by atoms with Gasteiger partial charge in [0.2, 0.25) is 0 Å². The number of hydrogen-bond acceptors (Lipinski definition) is 2. The molecule has 0 rings (SSSR count). The lowest BCUT2D eigenvalue weighted by Gasteiger charge is -1.81. The molecule has 0 aromatic carbocycles. The van der Waals surface area contributed by atoms with E-state index in [2.05, 4.69) is 10.0 Å². The Morgan fingerprint density at radius 1 is 2.00 bits per heavy atom. The molecule has 0 aliphatic rings. The van der Waals surface area contributed by atoms with Gasteiger partial charge in [-0.3, -0.25) is 0 Å². The monoisotopic (exact) mass is 77.0 g/mol. The summed E-state index contributed by atoms with van der Waals surface area (Å²) in [5, 5.41) is 0. The van der Waals surface area contributed by atoms with E-state index in [1.165, 1.54) is 0 Å². The van der Waals surface area contributed by atoms with Gasteiger partial charge in [-0.2, -0.15) is 0 Å². The molecule has 0 saturated heterocycles. The van der Waals surface area contributed by atoms with Gasteiger partial charge in [-0.15, -0.1) is 0 Å². The van der Waals surface area contributed by atoms with Crippen LogP contribution in [0.5, 0.6) is 0 Å². The molecule has 0 bridgehead atoms. The van der Waals surface area contributed by atoms with Gasteiger partial charge in [-0.1, -0.05) is 0 Å². The Morgan fingerprint density at radius 2 is 2.25 bits per heavy atom. The summed E-state index contributed by atoms with van der Waals surface area (Å²) in [4.78, 5) is 0. The highest BCUT2D eigenvalue weighted by Gasteiger charge is 1.45. The molecule has 0 radical (unpaired) electrons. The van der Waals surface area contributed by atoms with E-state index in [-0.39, 0.29) is 0 Å². The number of rotatable bonds is 1. The van der Waals surface area contributed by atoms with Crippen molar-refractivity contribution in [3.63, 3.8) is 0 Å². The third kappa shape index (κ3) is 2.14. The van der Waals surface area contributed by atoms with Crippen molar-refractivity contribution in [2.75, 3.05) is 7.05 Å². The van der Waals surface area contributed by atoms with E-state index >= 15 is 0 Å². The first-order valence-electron chi connectivity index (χ1n) is 1.11. The molecule has 2 nitrogen and oxygen atoms in total. The standard InChI is InChI=1S/CH7NOSi/c1-2-3-4/h2H,1,4H3. The van der Waals surface area contributed by atoms with Crippen LogP contribution in [-0.2, 0) is 4.53 Å². The van der Waals surface area contributed by atoms with Crippen LogP contribution in [0.15, 0.2) is 0 Å². The summed E-state index contributed by atoms with van der Waals surface area (Å²) in [5.74, 6) is 0. The highest BCUT2D eigenvalue weighted by molar-refractivity contribution is 5.97. The average molecular weight is 77.2 g/mol. The van der Waals surface area contributed by atoms with Gasteiger partial charge in [0.15, 0.2) is 10.5 Å². The fraction of sp³-hybridized carbons (Fsp3) is 1.00. The maximum atomic E-state index is 4.43. The van der Waals surface area contributed by atoms with Crippen molar-refractivity contribution >= 4 is 10.5 Å². The third-order valence-electron chi connectivity index (χ3n) is 0.204. The van der Waals surface area contributed by atoms with E-state index in [9.17, 15) is 0 Å². The Labute approximate surface area is 28.7 Å². The fourth-order valence-corrected chi connectivity index (χ4v) is 0. The lowest BCUT2D eigenvalue weighted by molar-refractivity contribution is 0.248. The molecule has 4 heavy (non-hydrogen) atoms. The van der Waals surface area contributed by atoms with Gasteiger partial charge >= 0.3 is 0 Å². The zero-order valence-corrected chi connectivity index (χ0v) is 4.91. The van der Waals surface area contributed by atoms with E-state index in [1.54, 1.807) is 7.05 Å². The Kier molecular flexibility index (Phi) is 3.24. The summed E-state index contributed by atoms with van der Waals surface area (Å²) in [5.41, 5.74) is 2.49. The lowest BCUT2D eigenvalue weighted by atomic mass is 11.6. The topological polar surface area (TPSA) is 21.3 Å². The smallest absolute Gasteiger partial charge is 0.174 e. The molecule has 0 aliphatic heterocycles. The molecule has 0 aromatic heterocycles. The molecule has 0 amide bonds. The molecular weight excluding hydrogens is 70.1 g/mol. The molecule has 0 unspecified atom stereocenters. The second-order valence-corrected chi connectivity index (χ2v) is 0.816. The van der Waals surface area contributed by atoms with Crippen LogP contribution in [0.1, 0.15) is 0 Å². The van der Waals surface area contributed by atoms with Gasteiger partial charge in [0, 0.05) is 7.05 Å². The number of hydroxylamine groups is 1. The van der Waals surface area contributed by atoms with Crippen molar-refractivity contribution in [2.45, 2.75) is 0 Å². The van der Waals surface area contributed by atoms with E-state index < -0.39 is 0 Å². The minimum atomic E-state index is 0.779. The van der Waals surface area contributed by atoms with Crippen LogP contribution in [-0.4, -0.2) is 17.5 Å². The van der Waals surface area contributed by atoms with Crippen LogP contribution in [0.4, 0.5) is 0 Å². The minimum absolute atomic E-state index is 0.779. The molecule has 0 atom stereocenters. The summed E-state index contributed by atoms with van der Waals surface area (Å²) in [6.45, 7) is 0. The van der Waals surface area contributed by atoms with Crippen molar-refractivity contribution in [3.05, 3.63) is 0 Å². The van der Waals surface area contributed by atoms with Crippen molar-refractivity contribution in [1.29, 1.82) is 0 Å². The Balaban J connectivity index is 1.97. The molecule has 0 aromatic rings.